The number of benzene rings is 1. The summed E-state index contributed by atoms with van der Waals surface area (Å²) in [5.74, 6) is 1.04. The van der Waals surface area contributed by atoms with Gasteiger partial charge in [0, 0.05) is 18.7 Å². The molecule has 1 saturated heterocycles. The normalized spacial score (nSPS) is 16.4. The molecule has 1 aliphatic heterocycles. The Morgan fingerprint density at radius 1 is 1.10 bits per heavy atom. The predicted octanol–water partition coefficient (Wildman–Crippen LogP) is 4.51. The van der Waals surface area contributed by atoms with Crippen LogP contribution in [0.15, 0.2) is 30.3 Å². The van der Waals surface area contributed by atoms with Gasteiger partial charge in [-0.2, -0.15) is 0 Å². The number of hydrogen-bond acceptors (Lipinski definition) is 1. The summed E-state index contributed by atoms with van der Waals surface area (Å²) in [6.45, 7) is 4.13. The number of hydrogen-bond donors (Lipinski definition) is 0. The quantitative estimate of drug-likeness (QED) is 0.698. The molecule has 2 heteroatoms. The summed E-state index contributed by atoms with van der Waals surface area (Å²) in [6.07, 6.45) is 9.14. The third-order valence-electron chi connectivity index (χ3n) is 4.39. The number of rotatable bonds is 6. The lowest BCUT2D eigenvalue weighted by Gasteiger charge is -2.32. The third kappa shape index (κ3) is 4.36. The van der Waals surface area contributed by atoms with Gasteiger partial charge < -0.3 is 4.90 Å². The van der Waals surface area contributed by atoms with E-state index < -0.39 is 0 Å². The van der Waals surface area contributed by atoms with Crippen LogP contribution in [0.25, 0.3) is 0 Å². The SMILES string of the molecule is CCCCCCC1CCN(C(=O)c2ccccc2)CC1. The Labute approximate surface area is 123 Å². The molecule has 0 unspecified atom stereocenters. The summed E-state index contributed by atoms with van der Waals surface area (Å²) >= 11 is 0. The number of nitrogens with zero attached hydrogens (tertiary/aromatic N) is 1. The van der Waals surface area contributed by atoms with Crippen molar-refractivity contribution >= 4 is 5.91 Å². The van der Waals surface area contributed by atoms with Crippen molar-refractivity contribution in [2.45, 2.75) is 51.9 Å². The molecule has 0 saturated carbocycles. The first-order chi connectivity index (χ1) is 9.81. The van der Waals surface area contributed by atoms with Crippen LogP contribution in [0.4, 0.5) is 0 Å². The Balaban J connectivity index is 1.73. The lowest BCUT2D eigenvalue weighted by Crippen LogP contribution is -2.38. The standard InChI is InChI=1S/C18H27NO/c1-2-3-4-6-9-16-12-14-19(15-13-16)18(20)17-10-7-5-8-11-17/h5,7-8,10-11,16H,2-4,6,9,12-15H2,1H3. The van der Waals surface area contributed by atoms with Crippen molar-refractivity contribution in [3.8, 4) is 0 Å². The number of piperidine rings is 1. The second kappa shape index (κ2) is 8.08. The number of carbonyl (C=O) groups excluding carboxylic acids is 1. The zero-order chi connectivity index (χ0) is 14.2. The fourth-order valence-corrected chi connectivity index (χ4v) is 3.05. The molecule has 0 radical (unpaired) electrons. The summed E-state index contributed by atoms with van der Waals surface area (Å²) < 4.78 is 0. The van der Waals surface area contributed by atoms with Crippen LogP contribution in [0.1, 0.15) is 62.2 Å². The van der Waals surface area contributed by atoms with Crippen molar-refractivity contribution in [3.63, 3.8) is 0 Å². The monoisotopic (exact) mass is 273 g/mol. The summed E-state index contributed by atoms with van der Waals surface area (Å²) in [7, 11) is 0. The Hall–Kier alpha value is -1.31. The van der Waals surface area contributed by atoms with E-state index in [1.165, 1.54) is 44.9 Å². The Morgan fingerprint density at radius 2 is 1.80 bits per heavy atom. The smallest absolute Gasteiger partial charge is 0.253 e. The maximum absolute atomic E-state index is 12.3. The molecule has 110 valence electrons. The Morgan fingerprint density at radius 3 is 2.45 bits per heavy atom. The summed E-state index contributed by atoms with van der Waals surface area (Å²) in [4.78, 5) is 14.4. The molecule has 2 rings (SSSR count). The van der Waals surface area contributed by atoms with E-state index in [0.717, 1.165) is 24.6 Å². The second-order valence-corrected chi connectivity index (χ2v) is 5.95. The van der Waals surface area contributed by atoms with Gasteiger partial charge in [0.1, 0.15) is 0 Å². The minimum absolute atomic E-state index is 0.204. The zero-order valence-electron chi connectivity index (χ0n) is 12.7. The van der Waals surface area contributed by atoms with Gasteiger partial charge in [-0.15, -0.1) is 0 Å². The van der Waals surface area contributed by atoms with E-state index in [1.807, 2.05) is 35.2 Å². The Bertz CT molecular complexity index is 393. The molecule has 0 spiro atoms. The molecule has 20 heavy (non-hydrogen) atoms. The van der Waals surface area contributed by atoms with Gasteiger partial charge in [-0.05, 0) is 30.9 Å². The molecule has 0 aliphatic carbocycles. The molecule has 0 N–H and O–H groups in total. The Kier molecular flexibility index (Phi) is 6.10. The molecule has 1 aliphatic rings. The highest BCUT2D eigenvalue weighted by molar-refractivity contribution is 5.94. The van der Waals surface area contributed by atoms with Crippen LogP contribution in [0, 0.1) is 5.92 Å². The molecule has 0 bridgehead atoms. The van der Waals surface area contributed by atoms with Crippen LogP contribution in [0.2, 0.25) is 0 Å². The largest absolute Gasteiger partial charge is 0.339 e. The van der Waals surface area contributed by atoms with E-state index in [2.05, 4.69) is 6.92 Å². The van der Waals surface area contributed by atoms with Gasteiger partial charge in [0.15, 0.2) is 0 Å². The highest BCUT2D eigenvalue weighted by Gasteiger charge is 2.22. The lowest BCUT2D eigenvalue weighted by atomic mass is 9.91. The molecule has 1 heterocycles. The van der Waals surface area contributed by atoms with E-state index >= 15 is 0 Å². The summed E-state index contributed by atoms with van der Waals surface area (Å²) in [5, 5.41) is 0. The van der Waals surface area contributed by atoms with Gasteiger partial charge in [0.05, 0.1) is 0 Å². The molecule has 0 atom stereocenters. The number of amides is 1. The van der Waals surface area contributed by atoms with Gasteiger partial charge >= 0.3 is 0 Å². The third-order valence-corrected chi connectivity index (χ3v) is 4.39. The summed E-state index contributed by atoms with van der Waals surface area (Å²) in [6, 6.07) is 9.67. The van der Waals surface area contributed by atoms with Crippen LogP contribution in [-0.2, 0) is 0 Å². The van der Waals surface area contributed by atoms with E-state index in [4.69, 9.17) is 0 Å². The first-order valence-electron chi connectivity index (χ1n) is 8.15. The summed E-state index contributed by atoms with van der Waals surface area (Å²) in [5.41, 5.74) is 0.828. The van der Waals surface area contributed by atoms with E-state index in [0.29, 0.717) is 0 Å². The number of likely N-dealkylation sites (tertiary alicyclic amines) is 1. The van der Waals surface area contributed by atoms with Gasteiger partial charge in [-0.1, -0.05) is 57.2 Å². The molecule has 2 nitrogen and oxygen atoms in total. The topological polar surface area (TPSA) is 20.3 Å². The molecule has 0 aromatic heterocycles. The van der Waals surface area contributed by atoms with Gasteiger partial charge in [-0.3, -0.25) is 4.79 Å². The minimum Gasteiger partial charge on any atom is -0.339 e. The zero-order valence-corrected chi connectivity index (χ0v) is 12.7. The predicted molar refractivity (Wildman–Crippen MR) is 83.8 cm³/mol. The fraction of sp³-hybridized carbons (Fsp3) is 0.611. The molecule has 1 fully saturated rings. The average molecular weight is 273 g/mol. The average Bonchev–Trinajstić information content (AvgIpc) is 2.52. The van der Waals surface area contributed by atoms with Crippen molar-refractivity contribution < 1.29 is 4.79 Å². The highest BCUT2D eigenvalue weighted by Crippen LogP contribution is 2.24. The van der Waals surface area contributed by atoms with Crippen LogP contribution in [0.5, 0.6) is 0 Å². The van der Waals surface area contributed by atoms with Gasteiger partial charge in [-0.25, -0.2) is 0 Å². The van der Waals surface area contributed by atoms with E-state index in [9.17, 15) is 4.79 Å². The van der Waals surface area contributed by atoms with Crippen LogP contribution in [-0.4, -0.2) is 23.9 Å². The van der Waals surface area contributed by atoms with Crippen molar-refractivity contribution in [1.82, 2.24) is 4.90 Å². The minimum atomic E-state index is 0.204. The molecule has 1 aromatic rings. The van der Waals surface area contributed by atoms with Crippen molar-refractivity contribution in [2.75, 3.05) is 13.1 Å². The first kappa shape index (κ1) is 15.1. The van der Waals surface area contributed by atoms with Crippen LogP contribution < -0.4 is 0 Å². The second-order valence-electron chi connectivity index (χ2n) is 5.95. The molecular weight excluding hydrogens is 246 g/mol. The molecule has 1 amide bonds. The maximum Gasteiger partial charge on any atom is 0.253 e. The van der Waals surface area contributed by atoms with Crippen LogP contribution >= 0.6 is 0 Å². The number of unbranched alkanes of at least 4 members (excludes halogenated alkanes) is 3. The van der Waals surface area contributed by atoms with Gasteiger partial charge in [0.25, 0.3) is 5.91 Å². The highest BCUT2D eigenvalue weighted by atomic mass is 16.2. The van der Waals surface area contributed by atoms with Crippen molar-refractivity contribution in [3.05, 3.63) is 35.9 Å². The number of carbonyl (C=O) groups is 1. The van der Waals surface area contributed by atoms with E-state index in [1.54, 1.807) is 0 Å². The van der Waals surface area contributed by atoms with Crippen molar-refractivity contribution in [2.24, 2.45) is 5.92 Å². The first-order valence-corrected chi connectivity index (χ1v) is 8.15. The van der Waals surface area contributed by atoms with Crippen LogP contribution in [0.3, 0.4) is 0 Å². The fourth-order valence-electron chi connectivity index (χ4n) is 3.05. The van der Waals surface area contributed by atoms with Crippen molar-refractivity contribution in [1.29, 1.82) is 0 Å². The van der Waals surface area contributed by atoms with E-state index in [-0.39, 0.29) is 5.91 Å². The van der Waals surface area contributed by atoms with Gasteiger partial charge in [0.2, 0.25) is 0 Å². The molecular formula is C18H27NO. The lowest BCUT2D eigenvalue weighted by molar-refractivity contribution is 0.0685. The maximum atomic E-state index is 12.3. The molecule has 1 aromatic carbocycles.